The summed E-state index contributed by atoms with van der Waals surface area (Å²) in [6, 6.07) is 5.57. The Kier molecular flexibility index (Phi) is 9.49. The first-order chi connectivity index (χ1) is 21.8. The molecule has 0 unspecified atom stereocenters. The Labute approximate surface area is 261 Å². The molecule has 1 aromatic heterocycles. The number of amides is 1. The van der Waals surface area contributed by atoms with Gasteiger partial charge < -0.3 is 19.7 Å². The zero-order valence-corrected chi connectivity index (χ0v) is 25.6. The highest BCUT2D eigenvalue weighted by Crippen LogP contribution is 2.33. The fourth-order valence-corrected chi connectivity index (χ4v) is 5.95. The summed E-state index contributed by atoms with van der Waals surface area (Å²) in [5, 5.41) is 2.59. The minimum atomic E-state index is -4.60. The fourth-order valence-electron chi connectivity index (χ4n) is 5.95. The van der Waals surface area contributed by atoms with Crippen LogP contribution in [0, 0.1) is 12.7 Å². The zero-order valence-electron chi connectivity index (χ0n) is 25.6. The molecule has 3 aromatic rings. The van der Waals surface area contributed by atoms with Gasteiger partial charge in [-0.2, -0.15) is 13.2 Å². The van der Waals surface area contributed by atoms with Gasteiger partial charge in [-0.15, -0.1) is 0 Å². The number of ether oxygens (including phenoxy) is 2. The number of aryl methyl sites for hydroxylation is 1. The highest BCUT2D eigenvalue weighted by Gasteiger charge is 2.45. The third-order valence-corrected chi connectivity index (χ3v) is 8.44. The van der Waals surface area contributed by atoms with E-state index in [-0.39, 0.29) is 55.2 Å². The smallest absolute Gasteiger partial charge is 0.377 e. The summed E-state index contributed by atoms with van der Waals surface area (Å²) in [4.78, 5) is 53.3. The van der Waals surface area contributed by atoms with Crippen LogP contribution >= 0.6 is 0 Å². The Hall–Kier alpha value is -4.30. The molecule has 1 amide bonds. The largest absolute Gasteiger partial charge is 0.411 e. The molecule has 0 saturated carbocycles. The summed E-state index contributed by atoms with van der Waals surface area (Å²) in [6.07, 6.45) is -4.05. The number of carbonyl (C=O) groups is 2. The first-order valence-electron chi connectivity index (χ1n) is 14.9. The van der Waals surface area contributed by atoms with Gasteiger partial charge in [0.25, 0.3) is 11.5 Å². The van der Waals surface area contributed by atoms with Gasteiger partial charge in [0.05, 0.1) is 49.3 Å². The van der Waals surface area contributed by atoms with Crippen LogP contribution in [0.3, 0.4) is 0 Å². The molecule has 14 heteroatoms. The van der Waals surface area contributed by atoms with Crippen molar-refractivity contribution in [2.75, 3.05) is 31.3 Å². The number of aromatic nitrogens is 2. The number of nitrogens with zero attached hydrogens (tertiary/aromatic N) is 3. The van der Waals surface area contributed by atoms with E-state index < -0.39 is 47.8 Å². The predicted octanol–water partition coefficient (Wildman–Crippen LogP) is 3.14. The number of hydrogen-bond donors (Lipinski definition) is 1. The zero-order chi connectivity index (χ0) is 33.3. The predicted molar refractivity (Wildman–Crippen MR) is 160 cm³/mol. The molecule has 0 radical (unpaired) electrons. The number of nitrogens with one attached hydrogen (secondary N) is 1. The molecule has 2 atom stereocenters. The van der Waals surface area contributed by atoms with E-state index in [0.29, 0.717) is 35.5 Å². The first kappa shape index (κ1) is 33.1. The average Bonchev–Trinajstić information content (AvgIpc) is 3.03. The summed E-state index contributed by atoms with van der Waals surface area (Å²) in [6.45, 7) is 2.89. The van der Waals surface area contributed by atoms with Crippen molar-refractivity contribution in [3.05, 3.63) is 91.0 Å². The molecular weight excluding hydrogens is 612 g/mol. The van der Waals surface area contributed by atoms with Crippen LogP contribution in [0.5, 0.6) is 0 Å². The van der Waals surface area contributed by atoms with E-state index in [9.17, 15) is 32.3 Å². The Morgan fingerprint density at radius 2 is 1.78 bits per heavy atom. The van der Waals surface area contributed by atoms with Gasteiger partial charge in [-0.05, 0) is 48.7 Å². The van der Waals surface area contributed by atoms with Crippen molar-refractivity contribution in [1.29, 1.82) is 0 Å². The third-order valence-electron chi connectivity index (χ3n) is 8.44. The molecule has 10 nitrogen and oxygen atoms in total. The van der Waals surface area contributed by atoms with Gasteiger partial charge in [0.1, 0.15) is 11.9 Å². The van der Waals surface area contributed by atoms with Crippen molar-refractivity contribution in [2.24, 2.45) is 7.05 Å². The second-order valence-corrected chi connectivity index (χ2v) is 11.4. The van der Waals surface area contributed by atoms with Crippen molar-refractivity contribution in [3.8, 4) is 5.69 Å². The maximum Gasteiger partial charge on any atom is 0.411 e. The average molecular weight is 647 g/mol. The van der Waals surface area contributed by atoms with Crippen LogP contribution in [0.15, 0.2) is 46.0 Å². The van der Waals surface area contributed by atoms with Gasteiger partial charge >= 0.3 is 11.9 Å². The molecule has 1 saturated heterocycles. The summed E-state index contributed by atoms with van der Waals surface area (Å²) >= 11 is 0. The van der Waals surface area contributed by atoms with Crippen LogP contribution in [0.2, 0.25) is 0 Å². The number of Topliss-reactive ketones (excluding diaryl/α,β-unsaturated/α-hetero) is 1. The first-order valence-corrected chi connectivity index (χ1v) is 14.9. The van der Waals surface area contributed by atoms with Crippen LogP contribution < -0.4 is 21.5 Å². The number of anilines is 1. The number of morpholine rings is 1. The van der Waals surface area contributed by atoms with Crippen molar-refractivity contribution < 1.29 is 36.6 Å². The lowest BCUT2D eigenvalue weighted by Gasteiger charge is -2.38. The summed E-state index contributed by atoms with van der Waals surface area (Å²) in [5.74, 6) is -2.23. The molecule has 46 heavy (non-hydrogen) atoms. The number of hydrogen-bond acceptors (Lipinski definition) is 7. The fraction of sp³-hybridized carbons (Fsp3) is 0.438. The summed E-state index contributed by atoms with van der Waals surface area (Å²) in [7, 11) is 1.60. The minimum Gasteiger partial charge on any atom is -0.377 e. The molecule has 246 valence electrons. The molecule has 2 aliphatic heterocycles. The molecule has 0 aliphatic carbocycles. The van der Waals surface area contributed by atoms with Gasteiger partial charge in [-0.3, -0.25) is 19.0 Å². The van der Waals surface area contributed by atoms with E-state index in [1.807, 2.05) is 0 Å². The van der Waals surface area contributed by atoms with E-state index in [4.69, 9.17) is 9.47 Å². The quantitative estimate of drug-likeness (QED) is 0.375. The van der Waals surface area contributed by atoms with Gasteiger partial charge in [-0.1, -0.05) is 19.1 Å². The standard InChI is InChI=1S/C32H34F4N4O6/c1-4-26(41)24(14-19-5-7-20(8-6-19)40-30(43)22-16-45-11-9-25(22)38(3)31(40)44)37-29(42)28-18(2)13-21(15-23(28)33)39-10-12-46-17-27(39)32(34,35)36/h5-8,13,15,24,27H,4,9-12,14,16-17H2,1-3H3,(H,37,42)/t24-,27+/m0/s1. The molecule has 0 bridgehead atoms. The summed E-state index contributed by atoms with van der Waals surface area (Å²) < 4.78 is 69.0. The van der Waals surface area contributed by atoms with Gasteiger partial charge in [0.15, 0.2) is 5.78 Å². The molecule has 5 rings (SSSR count). The second kappa shape index (κ2) is 13.2. The number of fused-ring (bicyclic) bond motifs is 1. The van der Waals surface area contributed by atoms with Crippen molar-refractivity contribution in [3.63, 3.8) is 0 Å². The number of benzene rings is 2. The monoisotopic (exact) mass is 646 g/mol. The van der Waals surface area contributed by atoms with E-state index >= 15 is 4.39 Å². The number of rotatable bonds is 8. The lowest BCUT2D eigenvalue weighted by Crippen LogP contribution is -2.53. The third kappa shape index (κ3) is 6.49. The van der Waals surface area contributed by atoms with Gasteiger partial charge in [0.2, 0.25) is 0 Å². The molecule has 1 fully saturated rings. The van der Waals surface area contributed by atoms with Crippen LogP contribution in [0.4, 0.5) is 23.2 Å². The molecule has 1 N–H and O–H groups in total. The van der Waals surface area contributed by atoms with Crippen LogP contribution in [0.25, 0.3) is 5.69 Å². The molecular formula is C32H34F4N4O6. The maximum atomic E-state index is 15.4. The lowest BCUT2D eigenvalue weighted by molar-refractivity contribution is -0.167. The van der Waals surface area contributed by atoms with Crippen molar-refractivity contribution >= 4 is 17.4 Å². The van der Waals surface area contributed by atoms with Crippen LogP contribution in [-0.2, 0) is 40.8 Å². The minimum absolute atomic E-state index is 0.0289. The van der Waals surface area contributed by atoms with Crippen molar-refractivity contribution in [1.82, 2.24) is 14.5 Å². The van der Waals surface area contributed by atoms with E-state index in [1.54, 1.807) is 38.2 Å². The van der Waals surface area contributed by atoms with E-state index in [2.05, 4.69) is 5.32 Å². The second-order valence-electron chi connectivity index (χ2n) is 11.4. The normalized spacial score (nSPS) is 17.4. The van der Waals surface area contributed by atoms with Gasteiger partial charge in [-0.25, -0.2) is 13.8 Å². The Bertz CT molecular complexity index is 1740. The maximum absolute atomic E-state index is 15.4. The number of halogens is 4. The molecule has 2 aliphatic rings. The molecule has 0 spiro atoms. The number of alkyl halides is 3. The SMILES string of the molecule is CCC(=O)[C@H](Cc1ccc(-n2c(=O)c3c(n(C)c2=O)CCOC3)cc1)NC(=O)c1c(C)cc(N2CCOC[C@@H]2C(F)(F)F)cc1F. The Morgan fingerprint density at radius 3 is 2.43 bits per heavy atom. The van der Waals surface area contributed by atoms with Crippen LogP contribution in [0.1, 0.15) is 46.1 Å². The number of ketones is 1. The topological polar surface area (TPSA) is 112 Å². The van der Waals surface area contributed by atoms with E-state index in [0.717, 1.165) is 15.5 Å². The lowest BCUT2D eigenvalue weighted by atomic mass is 9.99. The summed E-state index contributed by atoms with van der Waals surface area (Å²) in [5.41, 5.74) is 0.687. The number of carbonyl (C=O) groups excluding carboxylic acids is 2. The molecule has 2 aromatic carbocycles. The molecule has 3 heterocycles. The highest BCUT2D eigenvalue weighted by molar-refractivity contribution is 5.99. The van der Waals surface area contributed by atoms with Crippen molar-refractivity contribution in [2.45, 2.75) is 58.0 Å². The highest BCUT2D eigenvalue weighted by atomic mass is 19.4. The Balaban J connectivity index is 1.36. The van der Waals surface area contributed by atoms with E-state index in [1.165, 1.54) is 17.6 Å². The Morgan fingerprint density at radius 1 is 1.07 bits per heavy atom. The van der Waals surface area contributed by atoms with Crippen LogP contribution in [-0.4, -0.2) is 65.5 Å². The van der Waals surface area contributed by atoms with Gasteiger partial charge in [0, 0.05) is 37.8 Å².